The van der Waals surface area contributed by atoms with Crippen LogP contribution in [0.15, 0.2) is 54.6 Å². The van der Waals surface area contributed by atoms with Gasteiger partial charge in [-0.25, -0.2) is 0 Å². The van der Waals surface area contributed by atoms with E-state index in [0.29, 0.717) is 0 Å². The maximum Gasteiger partial charge on any atom is 0.177 e. The second-order valence-electron chi connectivity index (χ2n) is 9.16. The highest BCUT2D eigenvalue weighted by molar-refractivity contribution is 5.85. The van der Waals surface area contributed by atoms with Crippen molar-refractivity contribution in [2.45, 2.75) is 45.6 Å². The van der Waals surface area contributed by atoms with Crippen molar-refractivity contribution in [1.82, 2.24) is 25.1 Å². The molecule has 2 aromatic heterocycles. The fourth-order valence-corrected chi connectivity index (χ4v) is 4.66. The molecule has 5 rings (SSSR count). The number of ether oxygens (including phenoxy) is 1. The van der Waals surface area contributed by atoms with Gasteiger partial charge in [-0.1, -0.05) is 43.7 Å². The average molecular weight is 444 g/mol. The zero-order valence-electron chi connectivity index (χ0n) is 19.4. The van der Waals surface area contributed by atoms with E-state index in [9.17, 15) is 0 Å². The summed E-state index contributed by atoms with van der Waals surface area (Å²) in [6.45, 7) is 5.97. The van der Waals surface area contributed by atoms with Crippen LogP contribution in [0.4, 0.5) is 0 Å². The first kappa shape index (κ1) is 21.7. The lowest BCUT2D eigenvalue weighted by molar-refractivity contribution is 0.173. The van der Waals surface area contributed by atoms with E-state index in [0.717, 1.165) is 79.0 Å². The van der Waals surface area contributed by atoms with Gasteiger partial charge in [0.25, 0.3) is 0 Å². The van der Waals surface area contributed by atoms with Gasteiger partial charge in [-0.3, -0.25) is 4.90 Å². The summed E-state index contributed by atoms with van der Waals surface area (Å²) in [6, 6.07) is 19.2. The third-order valence-corrected chi connectivity index (χ3v) is 6.60. The van der Waals surface area contributed by atoms with Gasteiger partial charge >= 0.3 is 0 Å². The maximum atomic E-state index is 5.84. The Morgan fingerprint density at radius 2 is 1.85 bits per heavy atom. The molecule has 3 heterocycles. The fraction of sp³-hybridized carbons (Fsp3) is 0.407. The number of hydrogen-bond donors (Lipinski definition) is 2. The molecule has 2 aromatic carbocycles. The number of rotatable bonds is 9. The van der Waals surface area contributed by atoms with E-state index >= 15 is 0 Å². The summed E-state index contributed by atoms with van der Waals surface area (Å²) in [5, 5.41) is 9.97. The van der Waals surface area contributed by atoms with Crippen molar-refractivity contribution in [3.8, 4) is 17.3 Å². The van der Waals surface area contributed by atoms with Crippen LogP contribution < -0.4 is 4.74 Å². The summed E-state index contributed by atoms with van der Waals surface area (Å²) in [7, 11) is 0. The summed E-state index contributed by atoms with van der Waals surface area (Å²) in [5.74, 6) is 3.39. The summed E-state index contributed by atoms with van der Waals surface area (Å²) in [5.41, 5.74) is 3.46. The molecule has 0 radical (unpaired) electrons. The molecule has 1 fully saturated rings. The number of nitrogens with zero attached hydrogens (tertiary/aromatic N) is 3. The van der Waals surface area contributed by atoms with Crippen molar-refractivity contribution in [2.75, 3.05) is 19.7 Å². The first-order valence-electron chi connectivity index (χ1n) is 12.2. The van der Waals surface area contributed by atoms with Crippen LogP contribution in [0.3, 0.4) is 0 Å². The number of hydrogen-bond acceptors (Lipinski definition) is 4. The molecule has 0 saturated carbocycles. The lowest BCUT2D eigenvalue weighted by Crippen LogP contribution is -2.34. The molecule has 1 aliphatic rings. The summed E-state index contributed by atoms with van der Waals surface area (Å²) < 4.78 is 5.84. The number of piperidine rings is 1. The largest absolute Gasteiger partial charge is 0.494 e. The Morgan fingerprint density at radius 1 is 1.00 bits per heavy atom. The molecule has 33 heavy (non-hydrogen) atoms. The van der Waals surface area contributed by atoms with Gasteiger partial charge in [-0.2, -0.15) is 0 Å². The predicted molar refractivity (Wildman–Crippen MR) is 132 cm³/mol. The number of H-pyrrole nitrogens is 2. The van der Waals surface area contributed by atoms with E-state index in [4.69, 9.17) is 4.74 Å². The molecule has 0 spiro atoms. The minimum atomic E-state index is 0.755. The zero-order valence-corrected chi connectivity index (χ0v) is 19.4. The molecule has 6 heteroatoms. The fourth-order valence-electron chi connectivity index (χ4n) is 4.66. The lowest BCUT2D eigenvalue weighted by atomic mass is 9.90. The number of fused-ring (bicyclic) bond motifs is 1. The SMILES string of the molecule is CCCCOc1ccc2cc(-c3nnc(CN4CCC(Cc5ccccc5)CC4)[nH]3)[nH]c2c1. The van der Waals surface area contributed by atoms with Crippen molar-refractivity contribution in [3.63, 3.8) is 0 Å². The first-order valence-corrected chi connectivity index (χ1v) is 12.2. The molecule has 1 saturated heterocycles. The van der Waals surface area contributed by atoms with Crippen LogP contribution in [0.2, 0.25) is 0 Å². The zero-order chi connectivity index (χ0) is 22.5. The van der Waals surface area contributed by atoms with Crippen LogP contribution in [0.1, 0.15) is 44.0 Å². The number of benzene rings is 2. The van der Waals surface area contributed by atoms with E-state index in [-0.39, 0.29) is 0 Å². The topological polar surface area (TPSA) is 69.8 Å². The van der Waals surface area contributed by atoms with Gasteiger partial charge in [0.2, 0.25) is 0 Å². The molecule has 6 nitrogen and oxygen atoms in total. The van der Waals surface area contributed by atoms with Crippen LogP contribution in [-0.4, -0.2) is 44.8 Å². The van der Waals surface area contributed by atoms with Crippen molar-refractivity contribution in [3.05, 3.63) is 66.0 Å². The number of aromatic amines is 2. The third-order valence-electron chi connectivity index (χ3n) is 6.60. The highest BCUT2D eigenvalue weighted by Crippen LogP contribution is 2.26. The molecule has 1 aliphatic heterocycles. The van der Waals surface area contributed by atoms with E-state index < -0.39 is 0 Å². The van der Waals surface area contributed by atoms with Gasteiger partial charge in [0.05, 0.1) is 18.8 Å². The normalized spacial score (nSPS) is 15.3. The molecule has 0 bridgehead atoms. The van der Waals surface area contributed by atoms with E-state index in [1.54, 1.807) is 0 Å². The minimum Gasteiger partial charge on any atom is -0.494 e. The van der Waals surface area contributed by atoms with Gasteiger partial charge in [0.15, 0.2) is 5.82 Å². The molecule has 2 N–H and O–H groups in total. The molecule has 172 valence electrons. The van der Waals surface area contributed by atoms with Crippen LogP contribution in [0.25, 0.3) is 22.4 Å². The summed E-state index contributed by atoms with van der Waals surface area (Å²) in [6.07, 6.45) is 5.86. The van der Waals surface area contributed by atoms with Gasteiger partial charge in [0.1, 0.15) is 11.6 Å². The smallest absolute Gasteiger partial charge is 0.177 e. The van der Waals surface area contributed by atoms with Crippen LogP contribution >= 0.6 is 0 Å². The highest BCUT2D eigenvalue weighted by Gasteiger charge is 2.21. The maximum absolute atomic E-state index is 5.84. The molecular formula is C27H33N5O. The minimum absolute atomic E-state index is 0.755. The standard InChI is InChI=1S/C27H33N5O/c1-2-3-15-33-23-10-9-22-17-25(28-24(22)18-23)27-29-26(30-31-27)19-32-13-11-21(12-14-32)16-20-7-5-4-6-8-20/h4-10,17-18,21,28H,2-3,11-16,19H2,1H3,(H,29,30,31). The van der Waals surface area contributed by atoms with E-state index in [1.165, 1.54) is 24.8 Å². The lowest BCUT2D eigenvalue weighted by Gasteiger charge is -2.31. The van der Waals surface area contributed by atoms with Crippen LogP contribution in [0.5, 0.6) is 5.75 Å². The quantitative estimate of drug-likeness (QED) is 0.331. The van der Waals surface area contributed by atoms with Crippen LogP contribution in [-0.2, 0) is 13.0 Å². The Balaban J connectivity index is 1.17. The Kier molecular flexibility index (Phi) is 6.72. The Hall–Kier alpha value is -3.12. The van der Waals surface area contributed by atoms with E-state index in [2.05, 4.69) is 80.5 Å². The summed E-state index contributed by atoms with van der Waals surface area (Å²) in [4.78, 5) is 9.36. The van der Waals surface area contributed by atoms with Crippen molar-refractivity contribution >= 4 is 10.9 Å². The Bertz CT molecular complexity index is 1160. The number of aromatic nitrogens is 4. The monoisotopic (exact) mass is 443 g/mol. The van der Waals surface area contributed by atoms with Gasteiger partial charge in [-0.15, -0.1) is 10.2 Å². The van der Waals surface area contributed by atoms with Gasteiger partial charge < -0.3 is 14.7 Å². The Labute approximate surface area is 195 Å². The number of unbranched alkanes of at least 4 members (excludes halogenated alkanes) is 1. The summed E-state index contributed by atoms with van der Waals surface area (Å²) >= 11 is 0. The van der Waals surface area contributed by atoms with Crippen molar-refractivity contribution < 1.29 is 4.74 Å². The Morgan fingerprint density at radius 3 is 2.67 bits per heavy atom. The van der Waals surface area contributed by atoms with Crippen LogP contribution in [0, 0.1) is 5.92 Å². The van der Waals surface area contributed by atoms with Crippen molar-refractivity contribution in [1.29, 1.82) is 0 Å². The molecule has 0 amide bonds. The number of nitrogens with one attached hydrogen (secondary N) is 2. The second-order valence-corrected chi connectivity index (χ2v) is 9.16. The second kappa shape index (κ2) is 10.2. The van der Waals surface area contributed by atoms with Crippen molar-refractivity contribution in [2.24, 2.45) is 5.92 Å². The van der Waals surface area contributed by atoms with Gasteiger partial charge in [0, 0.05) is 17.0 Å². The highest BCUT2D eigenvalue weighted by atomic mass is 16.5. The third kappa shape index (κ3) is 5.45. The first-order chi connectivity index (χ1) is 16.3. The predicted octanol–water partition coefficient (Wildman–Crippen LogP) is 5.59. The molecule has 0 unspecified atom stereocenters. The average Bonchev–Trinajstić information content (AvgIpc) is 3.48. The van der Waals surface area contributed by atoms with Gasteiger partial charge in [-0.05, 0) is 68.5 Å². The molecule has 4 aromatic rings. The molecular weight excluding hydrogens is 410 g/mol. The molecule has 0 aliphatic carbocycles. The number of likely N-dealkylation sites (tertiary alicyclic amines) is 1. The molecule has 0 atom stereocenters. The van der Waals surface area contributed by atoms with E-state index in [1.807, 2.05) is 6.07 Å².